The lowest BCUT2D eigenvalue weighted by Gasteiger charge is -2.34. The number of nitrogens with one attached hydrogen (secondary N) is 2. The van der Waals surface area contributed by atoms with Crippen molar-refractivity contribution in [1.29, 1.82) is 0 Å². The van der Waals surface area contributed by atoms with Gasteiger partial charge in [0, 0.05) is 32.8 Å². The summed E-state index contributed by atoms with van der Waals surface area (Å²) in [6.45, 7) is 9.05. The topological polar surface area (TPSA) is 62.8 Å². The zero-order chi connectivity index (χ0) is 19.9. The van der Waals surface area contributed by atoms with Crippen LogP contribution in [-0.4, -0.2) is 62.5 Å². The van der Waals surface area contributed by atoms with Crippen molar-refractivity contribution in [1.82, 2.24) is 15.5 Å². The van der Waals surface area contributed by atoms with Crippen LogP contribution in [0.2, 0.25) is 0 Å². The lowest BCUT2D eigenvalue weighted by Crippen LogP contribution is -2.50. The standard InChI is InChI=1S/C21H32FN3O3/c1-15(2)13-25-9-11-27-18(14-25)12-23-21(26)24-20(19-4-3-10-28-19)16-5-7-17(22)8-6-16/h5-8,15,18-20H,3-4,9-14H2,1-2H3,(H2,23,24,26). The Morgan fingerprint density at radius 2 is 2.04 bits per heavy atom. The molecule has 2 heterocycles. The van der Waals surface area contributed by atoms with Crippen LogP contribution in [0.1, 0.15) is 38.3 Å². The third-order valence-electron chi connectivity index (χ3n) is 5.19. The largest absolute Gasteiger partial charge is 0.376 e. The molecule has 2 aliphatic rings. The van der Waals surface area contributed by atoms with E-state index in [0.29, 0.717) is 25.7 Å². The van der Waals surface area contributed by atoms with E-state index in [-0.39, 0.29) is 30.1 Å². The number of urea groups is 1. The first kappa shape index (κ1) is 21.0. The molecule has 2 N–H and O–H groups in total. The molecule has 2 amide bonds. The summed E-state index contributed by atoms with van der Waals surface area (Å²) < 4.78 is 24.8. The molecule has 3 unspecified atom stereocenters. The Bertz CT molecular complexity index is 620. The molecule has 7 heteroatoms. The first-order valence-electron chi connectivity index (χ1n) is 10.3. The van der Waals surface area contributed by atoms with Gasteiger partial charge in [0.25, 0.3) is 0 Å². The Morgan fingerprint density at radius 1 is 1.25 bits per heavy atom. The Balaban J connectivity index is 1.53. The van der Waals surface area contributed by atoms with Crippen molar-refractivity contribution in [3.63, 3.8) is 0 Å². The first-order valence-corrected chi connectivity index (χ1v) is 10.3. The van der Waals surface area contributed by atoms with Crippen molar-refractivity contribution in [3.8, 4) is 0 Å². The summed E-state index contributed by atoms with van der Waals surface area (Å²) in [6.07, 6.45) is 1.74. The summed E-state index contributed by atoms with van der Waals surface area (Å²) in [5.41, 5.74) is 0.848. The number of benzene rings is 1. The third kappa shape index (κ3) is 6.15. The number of hydrogen-bond donors (Lipinski definition) is 2. The van der Waals surface area contributed by atoms with Gasteiger partial charge in [-0.15, -0.1) is 0 Å². The Hall–Kier alpha value is -1.70. The van der Waals surface area contributed by atoms with Gasteiger partial charge in [-0.1, -0.05) is 26.0 Å². The van der Waals surface area contributed by atoms with E-state index in [1.54, 1.807) is 12.1 Å². The van der Waals surface area contributed by atoms with E-state index in [9.17, 15) is 9.18 Å². The number of nitrogens with zero attached hydrogens (tertiary/aromatic N) is 1. The van der Waals surface area contributed by atoms with Crippen molar-refractivity contribution in [2.24, 2.45) is 5.92 Å². The predicted molar refractivity (Wildman–Crippen MR) is 106 cm³/mol. The molecule has 2 saturated heterocycles. The first-order chi connectivity index (χ1) is 13.5. The summed E-state index contributed by atoms with van der Waals surface area (Å²) in [5, 5.41) is 5.94. The number of hydrogen-bond acceptors (Lipinski definition) is 4. The van der Waals surface area contributed by atoms with Crippen LogP contribution in [-0.2, 0) is 9.47 Å². The maximum Gasteiger partial charge on any atom is 0.315 e. The maximum absolute atomic E-state index is 13.3. The quantitative estimate of drug-likeness (QED) is 0.748. The van der Waals surface area contributed by atoms with Gasteiger partial charge in [0.15, 0.2) is 0 Å². The normalized spacial score (nSPS) is 24.3. The third-order valence-corrected chi connectivity index (χ3v) is 5.19. The van der Waals surface area contributed by atoms with E-state index in [1.165, 1.54) is 12.1 Å². The summed E-state index contributed by atoms with van der Waals surface area (Å²) in [7, 11) is 0. The highest BCUT2D eigenvalue weighted by molar-refractivity contribution is 5.74. The highest BCUT2D eigenvalue weighted by Gasteiger charge is 2.29. The van der Waals surface area contributed by atoms with Crippen LogP contribution in [0.25, 0.3) is 0 Å². The van der Waals surface area contributed by atoms with Crippen LogP contribution < -0.4 is 10.6 Å². The number of amides is 2. The summed E-state index contributed by atoms with van der Waals surface area (Å²) in [5.74, 6) is 0.317. The van der Waals surface area contributed by atoms with Crippen molar-refractivity contribution >= 4 is 6.03 Å². The second-order valence-corrected chi connectivity index (χ2v) is 8.08. The zero-order valence-electron chi connectivity index (χ0n) is 16.8. The average molecular weight is 394 g/mol. The monoisotopic (exact) mass is 393 g/mol. The zero-order valence-corrected chi connectivity index (χ0v) is 16.8. The minimum absolute atomic E-state index is 0.00903. The van der Waals surface area contributed by atoms with E-state index < -0.39 is 0 Å². The number of halogens is 1. The van der Waals surface area contributed by atoms with E-state index >= 15 is 0 Å². The minimum Gasteiger partial charge on any atom is -0.376 e. The SMILES string of the molecule is CC(C)CN1CCOC(CNC(=O)NC(c2ccc(F)cc2)C2CCCO2)C1. The second kappa shape index (κ2) is 10.2. The van der Waals surface area contributed by atoms with Crippen molar-refractivity contribution < 1.29 is 18.7 Å². The van der Waals surface area contributed by atoms with E-state index in [0.717, 1.165) is 38.0 Å². The van der Waals surface area contributed by atoms with Gasteiger partial charge in [-0.3, -0.25) is 4.90 Å². The fourth-order valence-electron chi connectivity index (χ4n) is 3.91. The Morgan fingerprint density at radius 3 is 2.71 bits per heavy atom. The smallest absolute Gasteiger partial charge is 0.315 e. The Kier molecular flexibility index (Phi) is 7.65. The molecule has 3 atom stereocenters. The van der Waals surface area contributed by atoms with Gasteiger partial charge in [0.05, 0.1) is 24.9 Å². The number of carbonyl (C=O) groups excluding carboxylic acids is 1. The van der Waals surface area contributed by atoms with Crippen LogP contribution in [0.5, 0.6) is 0 Å². The molecule has 0 bridgehead atoms. The molecule has 2 fully saturated rings. The summed E-state index contributed by atoms with van der Waals surface area (Å²) in [4.78, 5) is 14.9. The van der Waals surface area contributed by atoms with Crippen LogP contribution in [0.3, 0.4) is 0 Å². The molecule has 0 aliphatic carbocycles. The van der Waals surface area contributed by atoms with Crippen LogP contribution >= 0.6 is 0 Å². The van der Waals surface area contributed by atoms with E-state index in [4.69, 9.17) is 9.47 Å². The van der Waals surface area contributed by atoms with Gasteiger partial charge in [0.1, 0.15) is 5.82 Å². The molecule has 2 aliphatic heterocycles. The Labute approximate surface area is 166 Å². The van der Waals surface area contributed by atoms with Gasteiger partial charge in [-0.25, -0.2) is 9.18 Å². The number of rotatable bonds is 7. The highest BCUT2D eigenvalue weighted by Crippen LogP contribution is 2.27. The van der Waals surface area contributed by atoms with Crippen molar-refractivity contribution in [2.45, 2.75) is 44.9 Å². The predicted octanol–water partition coefficient (Wildman–Crippen LogP) is 2.70. The molecular weight excluding hydrogens is 361 g/mol. The molecule has 3 rings (SSSR count). The van der Waals surface area contributed by atoms with Crippen molar-refractivity contribution in [3.05, 3.63) is 35.6 Å². The maximum atomic E-state index is 13.3. The van der Waals surface area contributed by atoms with Crippen LogP contribution in [0.4, 0.5) is 9.18 Å². The fourth-order valence-corrected chi connectivity index (χ4v) is 3.91. The van der Waals surface area contributed by atoms with Gasteiger partial charge in [-0.05, 0) is 36.5 Å². The molecule has 6 nitrogen and oxygen atoms in total. The number of carbonyl (C=O) groups is 1. The minimum atomic E-state index is -0.298. The van der Waals surface area contributed by atoms with Gasteiger partial charge < -0.3 is 20.1 Å². The molecule has 156 valence electrons. The van der Waals surface area contributed by atoms with E-state index in [2.05, 4.69) is 29.4 Å². The molecule has 1 aromatic rings. The summed E-state index contributed by atoms with van der Waals surface area (Å²) in [6, 6.07) is 5.68. The lowest BCUT2D eigenvalue weighted by molar-refractivity contribution is -0.0291. The van der Waals surface area contributed by atoms with Crippen LogP contribution in [0, 0.1) is 11.7 Å². The molecule has 0 saturated carbocycles. The van der Waals surface area contributed by atoms with Crippen molar-refractivity contribution in [2.75, 3.05) is 39.4 Å². The average Bonchev–Trinajstić information content (AvgIpc) is 3.19. The van der Waals surface area contributed by atoms with Gasteiger partial charge in [-0.2, -0.15) is 0 Å². The second-order valence-electron chi connectivity index (χ2n) is 8.08. The number of ether oxygens (including phenoxy) is 2. The van der Waals surface area contributed by atoms with Gasteiger partial charge >= 0.3 is 6.03 Å². The molecule has 0 aromatic heterocycles. The summed E-state index contributed by atoms with van der Waals surface area (Å²) >= 11 is 0. The fraction of sp³-hybridized carbons (Fsp3) is 0.667. The highest BCUT2D eigenvalue weighted by atomic mass is 19.1. The molecule has 1 aromatic carbocycles. The molecule has 0 radical (unpaired) electrons. The van der Waals surface area contributed by atoms with Crippen LogP contribution in [0.15, 0.2) is 24.3 Å². The molecule has 0 spiro atoms. The van der Waals surface area contributed by atoms with Gasteiger partial charge in [0.2, 0.25) is 0 Å². The molecule has 28 heavy (non-hydrogen) atoms. The molecular formula is C21H32FN3O3. The lowest BCUT2D eigenvalue weighted by atomic mass is 9.99. The number of morpholine rings is 1. The van der Waals surface area contributed by atoms with E-state index in [1.807, 2.05) is 0 Å².